The van der Waals surface area contributed by atoms with Gasteiger partial charge < -0.3 is 15.7 Å². The second-order valence-electron chi connectivity index (χ2n) is 4.24. The molecular weight excluding hydrogens is 232 g/mol. The average molecular weight is 250 g/mol. The van der Waals surface area contributed by atoms with Crippen molar-refractivity contribution < 1.29 is 14.7 Å². The van der Waals surface area contributed by atoms with Crippen LogP contribution in [0.1, 0.15) is 26.7 Å². The van der Waals surface area contributed by atoms with E-state index in [0.29, 0.717) is 6.42 Å². The Morgan fingerprint density at radius 3 is 2.28 bits per heavy atom. The van der Waals surface area contributed by atoms with Crippen molar-refractivity contribution in [3.63, 3.8) is 0 Å². The molecule has 0 aliphatic carbocycles. The standard InChI is InChI=1S/C13H18N2O3/c1-9(3-8-13(17)18)14-11-4-6-12(7-5-11)15-10(2)16/h4-7,9,14H,3,8H2,1-2H3,(H,15,16)(H,17,18). The van der Waals surface area contributed by atoms with Crippen LogP contribution >= 0.6 is 0 Å². The maximum Gasteiger partial charge on any atom is 0.303 e. The third-order valence-corrected chi connectivity index (χ3v) is 2.41. The molecule has 0 aromatic heterocycles. The number of benzene rings is 1. The van der Waals surface area contributed by atoms with Gasteiger partial charge in [-0.25, -0.2) is 0 Å². The summed E-state index contributed by atoms with van der Waals surface area (Å²) in [6.07, 6.45) is 0.723. The van der Waals surface area contributed by atoms with Crippen LogP contribution in [-0.4, -0.2) is 23.0 Å². The number of carboxylic acid groups (broad SMARTS) is 1. The Kier molecular flexibility index (Phi) is 5.17. The van der Waals surface area contributed by atoms with Crippen LogP contribution in [0.25, 0.3) is 0 Å². The predicted octanol–water partition coefficient (Wildman–Crippen LogP) is 2.31. The number of anilines is 2. The maximum atomic E-state index is 10.8. The van der Waals surface area contributed by atoms with E-state index >= 15 is 0 Å². The average Bonchev–Trinajstić information content (AvgIpc) is 2.28. The van der Waals surface area contributed by atoms with Crippen molar-refractivity contribution in [2.75, 3.05) is 10.6 Å². The van der Waals surface area contributed by atoms with Crippen LogP contribution in [0.3, 0.4) is 0 Å². The summed E-state index contributed by atoms with van der Waals surface area (Å²) in [4.78, 5) is 21.3. The Labute approximate surface area is 106 Å². The third kappa shape index (κ3) is 5.34. The summed E-state index contributed by atoms with van der Waals surface area (Å²) in [5.41, 5.74) is 1.65. The zero-order chi connectivity index (χ0) is 13.5. The fourth-order valence-corrected chi connectivity index (χ4v) is 1.55. The summed E-state index contributed by atoms with van der Waals surface area (Å²) in [5.74, 6) is -0.893. The largest absolute Gasteiger partial charge is 0.481 e. The number of rotatable bonds is 6. The van der Waals surface area contributed by atoms with E-state index in [1.54, 1.807) is 12.1 Å². The molecule has 0 aliphatic rings. The summed E-state index contributed by atoms with van der Waals surface area (Å²) in [6, 6.07) is 7.39. The molecule has 1 aromatic rings. The van der Waals surface area contributed by atoms with Crippen LogP contribution in [-0.2, 0) is 9.59 Å². The Hall–Kier alpha value is -2.04. The molecule has 0 radical (unpaired) electrons. The van der Waals surface area contributed by atoms with E-state index in [9.17, 15) is 9.59 Å². The van der Waals surface area contributed by atoms with Gasteiger partial charge in [-0.1, -0.05) is 0 Å². The Bertz CT molecular complexity index is 415. The van der Waals surface area contributed by atoms with Crippen LogP contribution in [0.15, 0.2) is 24.3 Å². The minimum atomic E-state index is -0.787. The molecule has 0 spiro atoms. The summed E-state index contributed by atoms with van der Waals surface area (Å²) in [7, 11) is 0. The van der Waals surface area contributed by atoms with Crippen LogP contribution in [0.5, 0.6) is 0 Å². The molecule has 1 unspecified atom stereocenters. The summed E-state index contributed by atoms with van der Waals surface area (Å²) in [5, 5.41) is 14.5. The fourth-order valence-electron chi connectivity index (χ4n) is 1.55. The molecule has 0 saturated heterocycles. The topological polar surface area (TPSA) is 78.4 Å². The Morgan fingerprint density at radius 1 is 1.22 bits per heavy atom. The highest BCUT2D eigenvalue weighted by molar-refractivity contribution is 5.88. The van der Waals surface area contributed by atoms with Crippen LogP contribution in [0.2, 0.25) is 0 Å². The number of carboxylic acids is 1. The first-order valence-corrected chi connectivity index (χ1v) is 5.83. The molecule has 3 N–H and O–H groups in total. The van der Waals surface area contributed by atoms with Gasteiger partial charge in [-0.2, -0.15) is 0 Å². The number of hydrogen-bond acceptors (Lipinski definition) is 3. The zero-order valence-corrected chi connectivity index (χ0v) is 10.6. The highest BCUT2D eigenvalue weighted by atomic mass is 16.4. The SMILES string of the molecule is CC(=O)Nc1ccc(NC(C)CCC(=O)O)cc1. The number of amides is 1. The van der Waals surface area contributed by atoms with Gasteiger partial charge in [0, 0.05) is 30.8 Å². The molecule has 0 fully saturated rings. The highest BCUT2D eigenvalue weighted by Gasteiger charge is 2.05. The minimum absolute atomic E-state index is 0.0905. The molecule has 1 aromatic carbocycles. The highest BCUT2D eigenvalue weighted by Crippen LogP contribution is 2.15. The summed E-state index contributed by atoms with van der Waals surface area (Å²) in [6.45, 7) is 3.39. The molecule has 5 heteroatoms. The van der Waals surface area contributed by atoms with E-state index in [-0.39, 0.29) is 18.4 Å². The van der Waals surface area contributed by atoms with Crippen molar-refractivity contribution in [1.82, 2.24) is 0 Å². The molecule has 1 amide bonds. The fraction of sp³-hybridized carbons (Fsp3) is 0.385. The normalized spacial score (nSPS) is 11.7. The Balaban J connectivity index is 2.47. The molecule has 5 nitrogen and oxygen atoms in total. The van der Waals surface area contributed by atoms with Gasteiger partial charge >= 0.3 is 5.97 Å². The van der Waals surface area contributed by atoms with Crippen molar-refractivity contribution in [2.24, 2.45) is 0 Å². The van der Waals surface area contributed by atoms with E-state index in [2.05, 4.69) is 10.6 Å². The van der Waals surface area contributed by atoms with E-state index in [4.69, 9.17) is 5.11 Å². The lowest BCUT2D eigenvalue weighted by atomic mass is 10.1. The molecule has 0 aliphatic heterocycles. The number of nitrogens with one attached hydrogen (secondary N) is 2. The van der Waals surface area contributed by atoms with E-state index in [0.717, 1.165) is 11.4 Å². The lowest BCUT2D eigenvalue weighted by Crippen LogP contribution is -2.16. The monoisotopic (exact) mass is 250 g/mol. The van der Waals surface area contributed by atoms with Crippen molar-refractivity contribution >= 4 is 23.3 Å². The van der Waals surface area contributed by atoms with Gasteiger partial charge in [0.1, 0.15) is 0 Å². The first kappa shape index (κ1) is 14.0. The zero-order valence-electron chi connectivity index (χ0n) is 10.6. The van der Waals surface area contributed by atoms with Gasteiger partial charge in [-0.05, 0) is 37.6 Å². The van der Waals surface area contributed by atoms with Gasteiger partial charge in [-0.3, -0.25) is 9.59 Å². The number of carbonyl (C=O) groups excluding carboxylic acids is 1. The lowest BCUT2D eigenvalue weighted by Gasteiger charge is -2.14. The smallest absolute Gasteiger partial charge is 0.303 e. The Morgan fingerprint density at radius 2 is 1.78 bits per heavy atom. The van der Waals surface area contributed by atoms with Crippen molar-refractivity contribution in [3.8, 4) is 0 Å². The molecule has 1 rings (SSSR count). The van der Waals surface area contributed by atoms with Gasteiger partial charge in [-0.15, -0.1) is 0 Å². The molecule has 0 saturated carbocycles. The van der Waals surface area contributed by atoms with Gasteiger partial charge in [0.15, 0.2) is 0 Å². The van der Waals surface area contributed by atoms with Gasteiger partial charge in [0.25, 0.3) is 0 Å². The molecule has 0 heterocycles. The summed E-state index contributed by atoms with van der Waals surface area (Å²) < 4.78 is 0. The second kappa shape index (κ2) is 6.64. The quantitative estimate of drug-likeness (QED) is 0.724. The van der Waals surface area contributed by atoms with Crippen LogP contribution < -0.4 is 10.6 Å². The van der Waals surface area contributed by atoms with Crippen LogP contribution in [0, 0.1) is 0 Å². The molecule has 1 atom stereocenters. The minimum Gasteiger partial charge on any atom is -0.481 e. The van der Waals surface area contributed by atoms with E-state index in [1.165, 1.54) is 6.92 Å². The van der Waals surface area contributed by atoms with Crippen molar-refractivity contribution in [1.29, 1.82) is 0 Å². The summed E-state index contributed by atoms with van der Waals surface area (Å²) >= 11 is 0. The molecular formula is C13H18N2O3. The van der Waals surface area contributed by atoms with Gasteiger partial charge in [0.2, 0.25) is 5.91 Å². The number of aliphatic carboxylic acids is 1. The first-order valence-electron chi connectivity index (χ1n) is 5.83. The lowest BCUT2D eigenvalue weighted by molar-refractivity contribution is -0.137. The third-order valence-electron chi connectivity index (χ3n) is 2.41. The maximum absolute atomic E-state index is 10.8. The molecule has 0 bridgehead atoms. The predicted molar refractivity (Wildman–Crippen MR) is 70.7 cm³/mol. The number of hydrogen-bond donors (Lipinski definition) is 3. The van der Waals surface area contributed by atoms with Crippen LogP contribution in [0.4, 0.5) is 11.4 Å². The molecule has 18 heavy (non-hydrogen) atoms. The second-order valence-corrected chi connectivity index (χ2v) is 4.24. The number of carbonyl (C=O) groups is 2. The van der Waals surface area contributed by atoms with E-state index in [1.807, 2.05) is 19.1 Å². The molecule has 98 valence electrons. The van der Waals surface area contributed by atoms with Gasteiger partial charge in [0.05, 0.1) is 0 Å². The van der Waals surface area contributed by atoms with Crippen molar-refractivity contribution in [2.45, 2.75) is 32.7 Å². The van der Waals surface area contributed by atoms with E-state index < -0.39 is 5.97 Å². The van der Waals surface area contributed by atoms with Crippen molar-refractivity contribution in [3.05, 3.63) is 24.3 Å². The first-order chi connectivity index (χ1) is 8.47.